The van der Waals surface area contributed by atoms with E-state index in [2.05, 4.69) is 13.8 Å². The predicted molar refractivity (Wildman–Crippen MR) is 49.8 cm³/mol. The molecule has 70 valence electrons. The Hall–Kier alpha value is -0.0400. The van der Waals surface area contributed by atoms with E-state index in [4.69, 9.17) is 0 Å². The maximum atomic E-state index is 9.46. The Balaban J connectivity index is 2.05. The first-order valence-corrected chi connectivity index (χ1v) is 5.32. The van der Waals surface area contributed by atoms with Crippen LogP contribution in [-0.4, -0.2) is 11.7 Å². The van der Waals surface area contributed by atoms with E-state index in [1.165, 1.54) is 25.7 Å². The van der Waals surface area contributed by atoms with Crippen molar-refractivity contribution in [2.45, 2.75) is 39.5 Å². The van der Waals surface area contributed by atoms with Crippen molar-refractivity contribution in [3.8, 4) is 0 Å². The quantitative estimate of drug-likeness (QED) is 0.686. The minimum atomic E-state index is 0.322. The van der Waals surface area contributed by atoms with Crippen LogP contribution in [0.15, 0.2) is 0 Å². The van der Waals surface area contributed by atoms with Gasteiger partial charge < -0.3 is 5.11 Å². The summed E-state index contributed by atoms with van der Waals surface area (Å²) in [6, 6.07) is 0. The monoisotopic (exact) mass is 168 g/mol. The van der Waals surface area contributed by atoms with Gasteiger partial charge in [0.2, 0.25) is 0 Å². The van der Waals surface area contributed by atoms with Crippen molar-refractivity contribution in [1.82, 2.24) is 0 Å². The Morgan fingerprint density at radius 3 is 2.42 bits per heavy atom. The Morgan fingerprint density at radius 1 is 1.42 bits per heavy atom. The van der Waals surface area contributed by atoms with Gasteiger partial charge in [-0.05, 0) is 42.4 Å². The lowest BCUT2D eigenvalue weighted by atomic mass is 9.72. The van der Waals surface area contributed by atoms with Gasteiger partial charge in [-0.3, -0.25) is 0 Å². The molecule has 0 aromatic rings. The molecule has 0 saturated heterocycles. The number of aliphatic hydroxyl groups is 1. The van der Waals surface area contributed by atoms with Gasteiger partial charge in [-0.25, -0.2) is 0 Å². The maximum Gasteiger partial charge on any atom is 0.0490 e. The molecule has 1 nitrogen and oxygen atoms in total. The van der Waals surface area contributed by atoms with Gasteiger partial charge in [0.25, 0.3) is 0 Å². The van der Waals surface area contributed by atoms with Gasteiger partial charge in [0, 0.05) is 6.61 Å². The summed E-state index contributed by atoms with van der Waals surface area (Å²) >= 11 is 0. The fourth-order valence-electron chi connectivity index (χ4n) is 3.06. The second-order valence-corrected chi connectivity index (χ2v) is 4.99. The lowest BCUT2D eigenvalue weighted by Gasteiger charge is -2.34. The molecule has 0 aromatic heterocycles. The molecule has 12 heavy (non-hydrogen) atoms. The summed E-state index contributed by atoms with van der Waals surface area (Å²) in [5, 5.41) is 9.46. The summed E-state index contributed by atoms with van der Waals surface area (Å²) in [7, 11) is 0. The van der Waals surface area contributed by atoms with E-state index in [0.717, 1.165) is 17.8 Å². The summed E-state index contributed by atoms with van der Waals surface area (Å²) in [4.78, 5) is 0. The molecule has 0 aliphatic heterocycles. The third-order valence-electron chi connectivity index (χ3n) is 4.38. The molecule has 3 unspecified atom stereocenters. The van der Waals surface area contributed by atoms with Crippen molar-refractivity contribution in [1.29, 1.82) is 0 Å². The molecule has 0 amide bonds. The molecule has 0 aromatic carbocycles. The second-order valence-electron chi connectivity index (χ2n) is 4.99. The fourth-order valence-corrected chi connectivity index (χ4v) is 3.06. The van der Waals surface area contributed by atoms with Gasteiger partial charge in [0.1, 0.15) is 0 Å². The number of aliphatic hydroxyl groups excluding tert-OH is 1. The molecule has 0 heterocycles. The zero-order valence-corrected chi connectivity index (χ0v) is 8.21. The van der Waals surface area contributed by atoms with Crippen LogP contribution in [0.25, 0.3) is 0 Å². The Kier molecular flexibility index (Phi) is 1.95. The summed E-state index contributed by atoms with van der Waals surface area (Å²) < 4.78 is 0. The van der Waals surface area contributed by atoms with Crippen LogP contribution >= 0.6 is 0 Å². The molecular weight excluding hydrogens is 148 g/mol. The molecular formula is C11H20O. The Morgan fingerprint density at radius 2 is 2.00 bits per heavy atom. The zero-order valence-electron chi connectivity index (χ0n) is 8.21. The highest BCUT2D eigenvalue weighted by Crippen LogP contribution is 2.62. The van der Waals surface area contributed by atoms with Crippen LogP contribution in [0.1, 0.15) is 39.5 Å². The topological polar surface area (TPSA) is 20.2 Å². The zero-order chi connectivity index (χ0) is 8.77. The van der Waals surface area contributed by atoms with E-state index >= 15 is 0 Å². The predicted octanol–water partition coefficient (Wildman–Crippen LogP) is 2.44. The molecule has 2 aliphatic rings. The largest absolute Gasteiger partial charge is 0.396 e. The molecule has 1 heteroatoms. The summed E-state index contributed by atoms with van der Waals surface area (Å²) in [6.45, 7) is 4.97. The van der Waals surface area contributed by atoms with Gasteiger partial charge in [0.15, 0.2) is 0 Å². The van der Waals surface area contributed by atoms with E-state index < -0.39 is 0 Å². The van der Waals surface area contributed by atoms with E-state index in [1.807, 2.05) is 0 Å². The number of fused-ring (bicyclic) bond motifs is 1. The van der Waals surface area contributed by atoms with Crippen LogP contribution in [-0.2, 0) is 0 Å². The van der Waals surface area contributed by atoms with Gasteiger partial charge >= 0.3 is 0 Å². The average Bonchev–Trinajstić information content (AvgIpc) is 2.72. The maximum absolute atomic E-state index is 9.46. The first kappa shape index (κ1) is 8.55. The molecule has 1 N–H and O–H groups in total. The van der Waals surface area contributed by atoms with Crippen molar-refractivity contribution in [3.63, 3.8) is 0 Å². The van der Waals surface area contributed by atoms with Crippen molar-refractivity contribution in [2.24, 2.45) is 23.2 Å². The first-order chi connectivity index (χ1) is 5.72. The van der Waals surface area contributed by atoms with Gasteiger partial charge in [-0.1, -0.05) is 20.3 Å². The third kappa shape index (κ3) is 1.10. The molecule has 2 rings (SSSR count). The van der Waals surface area contributed by atoms with Crippen LogP contribution in [0.3, 0.4) is 0 Å². The Bertz CT molecular complexity index is 166. The first-order valence-electron chi connectivity index (χ1n) is 5.32. The van der Waals surface area contributed by atoms with Crippen LogP contribution in [0.5, 0.6) is 0 Å². The molecule has 2 saturated carbocycles. The van der Waals surface area contributed by atoms with Crippen molar-refractivity contribution in [3.05, 3.63) is 0 Å². The lowest BCUT2D eigenvalue weighted by molar-refractivity contribution is 0.0600. The van der Waals surface area contributed by atoms with Crippen molar-refractivity contribution < 1.29 is 5.11 Å². The fraction of sp³-hybridized carbons (Fsp3) is 1.00. The summed E-state index contributed by atoms with van der Waals surface area (Å²) in [6.07, 6.45) is 5.30. The van der Waals surface area contributed by atoms with Gasteiger partial charge in [-0.2, -0.15) is 0 Å². The average molecular weight is 168 g/mol. The van der Waals surface area contributed by atoms with E-state index in [9.17, 15) is 5.11 Å². The SMILES string of the molecule is CCC(C)C1(CO)CC2CC2C1. The molecule has 0 radical (unpaired) electrons. The smallest absolute Gasteiger partial charge is 0.0490 e. The van der Waals surface area contributed by atoms with E-state index in [-0.39, 0.29) is 0 Å². The summed E-state index contributed by atoms with van der Waals surface area (Å²) in [5.41, 5.74) is 0.322. The highest BCUT2D eigenvalue weighted by atomic mass is 16.3. The second kappa shape index (κ2) is 2.73. The highest BCUT2D eigenvalue weighted by molar-refractivity contribution is 5.04. The molecule has 0 spiro atoms. The van der Waals surface area contributed by atoms with E-state index in [0.29, 0.717) is 12.0 Å². The molecule has 3 atom stereocenters. The molecule has 2 fully saturated rings. The van der Waals surface area contributed by atoms with E-state index in [1.54, 1.807) is 0 Å². The van der Waals surface area contributed by atoms with Crippen LogP contribution in [0, 0.1) is 23.2 Å². The number of hydrogen-bond acceptors (Lipinski definition) is 1. The number of rotatable bonds is 3. The third-order valence-corrected chi connectivity index (χ3v) is 4.38. The molecule has 0 bridgehead atoms. The Labute approximate surface area is 75.2 Å². The summed E-state index contributed by atoms with van der Waals surface area (Å²) in [5.74, 6) is 2.70. The minimum absolute atomic E-state index is 0.322. The highest BCUT2D eigenvalue weighted by Gasteiger charge is 2.54. The van der Waals surface area contributed by atoms with Gasteiger partial charge in [-0.15, -0.1) is 0 Å². The van der Waals surface area contributed by atoms with Crippen LogP contribution in [0.2, 0.25) is 0 Å². The standard InChI is InChI=1S/C11H20O/c1-3-8(2)11(7-12)5-9-4-10(9)6-11/h8-10,12H,3-7H2,1-2H3. The van der Waals surface area contributed by atoms with Gasteiger partial charge in [0.05, 0.1) is 0 Å². The molecule has 2 aliphatic carbocycles. The van der Waals surface area contributed by atoms with Crippen LogP contribution < -0.4 is 0 Å². The lowest BCUT2D eigenvalue weighted by Crippen LogP contribution is -2.31. The van der Waals surface area contributed by atoms with Crippen LogP contribution in [0.4, 0.5) is 0 Å². The normalized spacial score (nSPS) is 47.2. The van der Waals surface area contributed by atoms with Crippen molar-refractivity contribution in [2.75, 3.05) is 6.61 Å². The minimum Gasteiger partial charge on any atom is -0.396 e. The van der Waals surface area contributed by atoms with Crippen molar-refractivity contribution >= 4 is 0 Å². The number of hydrogen-bond donors (Lipinski definition) is 1.